The number of carbonyl (C=O) groups excluding carboxylic acids is 1. The zero-order valence-corrected chi connectivity index (χ0v) is 11.4. The van der Waals surface area contributed by atoms with Crippen LogP contribution in [0.25, 0.3) is 11.0 Å². The van der Waals surface area contributed by atoms with E-state index in [9.17, 15) is 9.90 Å². The number of aliphatic hydroxyl groups is 1. The molecule has 1 heterocycles. The van der Waals surface area contributed by atoms with Crippen molar-refractivity contribution in [1.82, 2.24) is 14.9 Å². The molecule has 0 aliphatic rings. The topological polar surface area (TPSA) is 67.2 Å². The number of rotatable bonds is 4. The molecule has 2 N–H and O–H groups in total. The standard InChI is InChI=1S/C14H19N3O2/c1-10(13(18)15-8-14(2,3)19)17-9-16-11-6-4-5-7-12(11)17/h4-7,9-10,19H,8H2,1-3H3,(H,15,18). The molecule has 1 atom stereocenters. The number of benzene rings is 1. The van der Waals surface area contributed by atoms with E-state index in [2.05, 4.69) is 10.3 Å². The predicted molar refractivity (Wildman–Crippen MR) is 73.8 cm³/mol. The Balaban J connectivity index is 2.15. The summed E-state index contributed by atoms with van der Waals surface area (Å²) in [4.78, 5) is 16.3. The molecule has 2 rings (SSSR count). The first-order valence-electron chi connectivity index (χ1n) is 6.30. The summed E-state index contributed by atoms with van der Waals surface area (Å²) in [5, 5.41) is 12.4. The average Bonchev–Trinajstić information content (AvgIpc) is 2.78. The van der Waals surface area contributed by atoms with Gasteiger partial charge in [0.05, 0.1) is 23.0 Å². The molecular formula is C14H19N3O2. The number of imidazole rings is 1. The third kappa shape index (κ3) is 3.12. The normalized spacial score (nSPS) is 13.5. The Morgan fingerprint density at radius 3 is 2.84 bits per heavy atom. The molecule has 2 aromatic rings. The molecule has 1 aromatic carbocycles. The van der Waals surface area contributed by atoms with Gasteiger partial charge in [-0.15, -0.1) is 0 Å². The Kier molecular flexibility index (Phi) is 3.57. The second-order valence-electron chi connectivity index (χ2n) is 5.35. The Morgan fingerprint density at radius 1 is 1.47 bits per heavy atom. The van der Waals surface area contributed by atoms with Crippen molar-refractivity contribution < 1.29 is 9.90 Å². The maximum atomic E-state index is 12.1. The summed E-state index contributed by atoms with van der Waals surface area (Å²) in [6.07, 6.45) is 1.67. The lowest BCUT2D eigenvalue weighted by Crippen LogP contribution is -2.40. The van der Waals surface area contributed by atoms with Crippen LogP contribution in [-0.4, -0.2) is 32.7 Å². The summed E-state index contributed by atoms with van der Waals surface area (Å²) in [5.41, 5.74) is 0.880. The third-order valence-electron chi connectivity index (χ3n) is 2.97. The summed E-state index contributed by atoms with van der Waals surface area (Å²) in [6.45, 7) is 5.35. The van der Waals surface area contributed by atoms with Crippen LogP contribution < -0.4 is 5.32 Å². The molecule has 1 unspecified atom stereocenters. The second-order valence-corrected chi connectivity index (χ2v) is 5.35. The predicted octanol–water partition coefficient (Wildman–Crippen LogP) is 1.48. The van der Waals surface area contributed by atoms with Crippen LogP contribution >= 0.6 is 0 Å². The van der Waals surface area contributed by atoms with Gasteiger partial charge in [0.15, 0.2) is 0 Å². The molecule has 5 heteroatoms. The highest BCUT2D eigenvalue weighted by atomic mass is 16.3. The van der Waals surface area contributed by atoms with Crippen LogP contribution in [0.2, 0.25) is 0 Å². The van der Waals surface area contributed by atoms with Crippen molar-refractivity contribution >= 4 is 16.9 Å². The van der Waals surface area contributed by atoms with Crippen LogP contribution in [0.4, 0.5) is 0 Å². The maximum absolute atomic E-state index is 12.1. The summed E-state index contributed by atoms with van der Waals surface area (Å²) in [7, 11) is 0. The zero-order chi connectivity index (χ0) is 14.0. The first kappa shape index (κ1) is 13.5. The van der Waals surface area contributed by atoms with Gasteiger partial charge in [-0.3, -0.25) is 4.79 Å². The quantitative estimate of drug-likeness (QED) is 0.876. The van der Waals surface area contributed by atoms with E-state index in [-0.39, 0.29) is 18.5 Å². The van der Waals surface area contributed by atoms with Crippen LogP contribution in [0.5, 0.6) is 0 Å². The van der Waals surface area contributed by atoms with E-state index in [1.165, 1.54) is 0 Å². The molecule has 0 radical (unpaired) electrons. The van der Waals surface area contributed by atoms with Crippen molar-refractivity contribution in [3.8, 4) is 0 Å². The van der Waals surface area contributed by atoms with E-state index in [1.807, 2.05) is 35.8 Å². The number of nitrogens with one attached hydrogen (secondary N) is 1. The van der Waals surface area contributed by atoms with Gasteiger partial charge in [0, 0.05) is 6.54 Å². The highest BCUT2D eigenvalue weighted by Crippen LogP contribution is 2.17. The average molecular weight is 261 g/mol. The number of hydrogen-bond donors (Lipinski definition) is 2. The number of fused-ring (bicyclic) bond motifs is 1. The fourth-order valence-corrected chi connectivity index (χ4v) is 1.86. The van der Waals surface area contributed by atoms with Crippen molar-refractivity contribution in [2.75, 3.05) is 6.54 Å². The van der Waals surface area contributed by atoms with Gasteiger partial charge in [-0.2, -0.15) is 0 Å². The van der Waals surface area contributed by atoms with E-state index in [0.717, 1.165) is 11.0 Å². The second kappa shape index (κ2) is 5.01. The maximum Gasteiger partial charge on any atom is 0.242 e. The van der Waals surface area contributed by atoms with E-state index in [1.54, 1.807) is 20.2 Å². The number of carbonyl (C=O) groups is 1. The van der Waals surface area contributed by atoms with E-state index in [4.69, 9.17) is 0 Å². The Bertz CT molecular complexity index is 584. The molecular weight excluding hydrogens is 242 g/mol. The molecule has 1 aromatic heterocycles. The SMILES string of the molecule is CC(C(=O)NCC(C)(C)O)n1cnc2ccccc21. The van der Waals surface area contributed by atoms with Crippen molar-refractivity contribution in [3.05, 3.63) is 30.6 Å². The highest BCUT2D eigenvalue weighted by molar-refractivity contribution is 5.83. The largest absolute Gasteiger partial charge is 0.389 e. The summed E-state index contributed by atoms with van der Waals surface area (Å²) >= 11 is 0. The lowest BCUT2D eigenvalue weighted by molar-refractivity contribution is -0.124. The fraction of sp³-hybridized carbons (Fsp3) is 0.429. The molecule has 0 aliphatic heterocycles. The number of amides is 1. The van der Waals surface area contributed by atoms with Crippen LogP contribution in [0.3, 0.4) is 0 Å². The first-order valence-corrected chi connectivity index (χ1v) is 6.30. The highest BCUT2D eigenvalue weighted by Gasteiger charge is 2.20. The van der Waals surface area contributed by atoms with Gasteiger partial charge < -0.3 is 15.0 Å². The number of nitrogens with zero attached hydrogens (tertiary/aromatic N) is 2. The van der Waals surface area contributed by atoms with Gasteiger partial charge in [0.25, 0.3) is 0 Å². The Labute approximate surface area is 112 Å². The van der Waals surface area contributed by atoms with Crippen LogP contribution in [-0.2, 0) is 4.79 Å². The number of para-hydroxylation sites is 2. The molecule has 0 fully saturated rings. The number of aromatic nitrogens is 2. The lowest BCUT2D eigenvalue weighted by Gasteiger charge is -2.20. The molecule has 102 valence electrons. The molecule has 0 aliphatic carbocycles. The summed E-state index contributed by atoms with van der Waals surface area (Å²) in [6, 6.07) is 7.31. The van der Waals surface area contributed by atoms with Crippen molar-refractivity contribution in [2.45, 2.75) is 32.4 Å². The molecule has 19 heavy (non-hydrogen) atoms. The van der Waals surface area contributed by atoms with Crippen molar-refractivity contribution in [1.29, 1.82) is 0 Å². The van der Waals surface area contributed by atoms with Crippen molar-refractivity contribution in [3.63, 3.8) is 0 Å². The van der Waals surface area contributed by atoms with Gasteiger partial charge in [0.2, 0.25) is 5.91 Å². The third-order valence-corrected chi connectivity index (χ3v) is 2.97. The molecule has 0 bridgehead atoms. The van der Waals surface area contributed by atoms with Crippen molar-refractivity contribution in [2.24, 2.45) is 0 Å². The fourth-order valence-electron chi connectivity index (χ4n) is 1.86. The van der Waals surface area contributed by atoms with E-state index in [0.29, 0.717) is 0 Å². The molecule has 0 spiro atoms. The van der Waals surface area contributed by atoms with Gasteiger partial charge >= 0.3 is 0 Å². The minimum absolute atomic E-state index is 0.134. The van der Waals surface area contributed by atoms with Crippen LogP contribution in [0.1, 0.15) is 26.8 Å². The monoisotopic (exact) mass is 261 g/mol. The Morgan fingerprint density at radius 2 is 2.16 bits per heavy atom. The summed E-state index contributed by atoms with van der Waals surface area (Å²) < 4.78 is 1.83. The summed E-state index contributed by atoms with van der Waals surface area (Å²) in [5.74, 6) is -0.134. The Hall–Kier alpha value is -1.88. The first-order chi connectivity index (χ1) is 8.88. The number of hydrogen-bond acceptors (Lipinski definition) is 3. The van der Waals surface area contributed by atoms with E-state index < -0.39 is 5.60 Å². The molecule has 0 saturated heterocycles. The molecule has 0 saturated carbocycles. The van der Waals surface area contributed by atoms with Crippen LogP contribution in [0.15, 0.2) is 30.6 Å². The van der Waals surface area contributed by atoms with Crippen LogP contribution in [0, 0.1) is 0 Å². The van der Waals surface area contributed by atoms with Gasteiger partial charge in [-0.25, -0.2) is 4.98 Å². The van der Waals surface area contributed by atoms with Gasteiger partial charge in [-0.1, -0.05) is 12.1 Å². The molecule has 5 nitrogen and oxygen atoms in total. The molecule has 1 amide bonds. The minimum atomic E-state index is -0.910. The lowest BCUT2D eigenvalue weighted by atomic mass is 10.1. The smallest absolute Gasteiger partial charge is 0.242 e. The minimum Gasteiger partial charge on any atom is -0.389 e. The van der Waals surface area contributed by atoms with Gasteiger partial charge in [0.1, 0.15) is 6.04 Å². The zero-order valence-electron chi connectivity index (χ0n) is 11.4. The van der Waals surface area contributed by atoms with E-state index >= 15 is 0 Å². The van der Waals surface area contributed by atoms with Gasteiger partial charge in [-0.05, 0) is 32.9 Å².